The number of rotatable bonds is 4. The van der Waals surface area contributed by atoms with E-state index in [1.807, 2.05) is 0 Å². The largest absolute Gasteiger partial charge is 0.493 e. The monoisotopic (exact) mass is 182 g/mol. The summed E-state index contributed by atoms with van der Waals surface area (Å²) in [5, 5.41) is 13.8. The van der Waals surface area contributed by atoms with E-state index >= 15 is 0 Å². The van der Waals surface area contributed by atoms with Crippen LogP contribution in [0.2, 0.25) is 0 Å². The molecule has 0 saturated carbocycles. The third kappa shape index (κ3) is 2.47. The SMILES string of the molecule is CCCn1ncc(CC(C)C)c1O. The molecule has 1 heterocycles. The van der Waals surface area contributed by atoms with E-state index in [-0.39, 0.29) is 0 Å². The summed E-state index contributed by atoms with van der Waals surface area (Å²) < 4.78 is 1.66. The molecule has 1 aromatic rings. The summed E-state index contributed by atoms with van der Waals surface area (Å²) in [5.74, 6) is 0.903. The molecule has 0 amide bonds. The van der Waals surface area contributed by atoms with Crippen LogP contribution in [0, 0.1) is 5.92 Å². The number of aromatic nitrogens is 2. The summed E-state index contributed by atoms with van der Waals surface area (Å²) in [4.78, 5) is 0. The summed E-state index contributed by atoms with van der Waals surface area (Å²) in [7, 11) is 0. The molecular formula is C10H18N2O. The first-order chi connectivity index (χ1) is 6.15. The molecule has 3 nitrogen and oxygen atoms in total. The zero-order valence-electron chi connectivity index (χ0n) is 8.62. The first kappa shape index (κ1) is 10.1. The van der Waals surface area contributed by atoms with Gasteiger partial charge < -0.3 is 5.11 Å². The maximum atomic E-state index is 9.71. The molecule has 0 spiro atoms. The van der Waals surface area contributed by atoms with Crippen molar-refractivity contribution < 1.29 is 5.11 Å². The van der Waals surface area contributed by atoms with Crippen molar-refractivity contribution in [2.24, 2.45) is 5.92 Å². The smallest absolute Gasteiger partial charge is 0.212 e. The molecule has 1 rings (SSSR count). The number of aryl methyl sites for hydroxylation is 1. The average Bonchev–Trinajstić information content (AvgIpc) is 2.36. The average molecular weight is 182 g/mol. The zero-order valence-corrected chi connectivity index (χ0v) is 8.62. The van der Waals surface area contributed by atoms with Gasteiger partial charge >= 0.3 is 0 Å². The minimum atomic E-state index is 0.343. The van der Waals surface area contributed by atoms with Crippen LogP contribution in [0.1, 0.15) is 32.8 Å². The van der Waals surface area contributed by atoms with Gasteiger partial charge in [0.1, 0.15) is 0 Å². The van der Waals surface area contributed by atoms with E-state index in [9.17, 15) is 5.11 Å². The summed E-state index contributed by atoms with van der Waals surface area (Å²) in [6.07, 6.45) is 3.66. The van der Waals surface area contributed by atoms with Gasteiger partial charge in [0.25, 0.3) is 0 Å². The van der Waals surface area contributed by atoms with Crippen LogP contribution in [0.15, 0.2) is 6.20 Å². The van der Waals surface area contributed by atoms with E-state index in [2.05, 4.69) is 25.9 Å². The molecule has 0 aliphatic carbocycles. The fourth-order valence-corrected chi connectivity index (χ4v) is 1.38. The minimum Gasteiger partial charge on any atom is -0.493 e. The Labute approximate surface area is 79.4 Å². The lowest BCUT2D eigenvalue weighted by atomic mass is 10.1. The van der Waals surface area contributed by atoms with Crippen LogP contribution in [0.25, 0.3) is 0 Å². The van der Waals surface area contributed by atoms with E-state index < -0.39 is 0 Å². The molecule has 1 N–H and O–H groups in total. The molecule has 0 aromatic carbocycles. The second-order valence-corrected chi connectivity index (χ2v) is 3.81. The fourth-order valence-electron chi connectivity index (χ4n) is 1.38. The molecule has 0 radical (unpaired) electrons. The van der Waals surface area contributed by atoms with E-state index in [1.165, 1.54) is 0 Å². The first-order valence-corrected chi connectivity index (χ1v) is 4.88. The highest BCUT2D eigenvalue weighted by molar-refractivity contribution is 5.22. The van der Waals surface area contributed by atoms with Crippen molar-refractivity contribution in [2.75, 3.05) is 0 Å². The second kappa shape index (κ2) is 4.30. The highest BCUT2D eigenvalue weighted by Gasteiger charge is 2.09. The predicted octanol–water partition coefficient (Wildman–Crippen LogP) is 2.20. The van der Waals surface area contributed by atoms with E-state index in [0.717, 1.165) is 24.9 Å². The highest BCUT2D eigenvalue weighted by Crippen LogP contribution is 2.19. The Kier molecular flexibility index (Phi) is 3.34. The third-order valence-corrected chi connectivity index (χ3v) is 1.95. The Balaban J connectivity index is 2.74. The van der Waals surface area contributed by atoms with Crippen molar-refractivity contribution in [3.05, 3.63) is 11.8 Å². The Morgan fingerprint density at radius 1 is 1.54 bits per heavy atom. The van der Waals surface area contributed by atoms with Gasteiger partial charge in [-0.05, 0) is 18.8 Å². The van der Waals surface area contributed by atoms with Gasteiger partial charge in [0.05, 0.1) is 6.20 Å². The third-order valence-electron chi connectivity index (χ3n) is 1.95. The number of hydrogen-bond donors (Lipinski definition) is 1. The topological polar surface area (TPSA) is 38.0 Å². The second-order valence-electron chi connectivity index (χ2n) is 3.81. The van der Waals surface area contributed by atoms with E-state index in [4.69, 9.17) is 0 Å². The number of nitrogens with zero attached hydrogens (tertiary/aromatic N) is 2. The molecule has 3 heteroatoms. The predicted molar refractivity (Wildman–Crippen MR) is 52.7 cm³/mol. The zero-order chi connectivity index (χ0) is 9.84. The highest BCUT2D eigenvalue weighted by atomic mass is 16.3. The quantitative estimate of drug-likeness (QED) is 0.775. The molecular weight excluding hydrogens is 164 g/mol. The molecule has 0 bridgehead atoms. The summed E-state index contributed by atoms with van der Waals surface area (Å²) in [6, 6.07) is 0. The van der Waals surface area contributed by atoms with Gasteiger partial charge in [-0.1, -0.05) is 20.8 Å². The number of aromatic hydroxyl groups is 1. The summed E-state index contributed by atoms with van der Waals surface area (Å²) in [5.41, 5.74) is 0.962. The Morgan fingerprint density at radius 3 is 2.77 bits per heavy atom. The Morgan fingerprint density at radius 2 is 2.23 bits per heavy atom. The molecule has 0 aliphatic rings. The molecule has 1 aromatic heterocycles. The van der Waals surface area contributed by atoms with Crippen molar-refractivity contribution >= 4 is 0 Å². The van der Waals surface area contributed by atoms with Gasteiger partial charge in [-0.25, -0.2) is 4.68 Å². The van der Waals surface area contributed by atoms with Crippen molar-refractivity contribution in [1.29, 1.82) is 0 Å². The standard InChI is InChI=1S/C10H18N2O/c1-4-5-12-10(13)9(7-11-12)6-8(2)3/h7-8,13H,4-6H2,1-3H3. The van der Waals surface area contributed by atoms with Crippen LogP contribution in [0.4, 0.5) is 0 Å². The van der Waals surface area contributed by atoms with Crippen LogP contribution >= 0.6 is 0 Å². The lowest BCUT2D eigenvalue weighted by Crippen LogP contribution is -1.98. The van der Waals surface area contributed by atoms with Crippen LogP contribution in [0.3, 0.4) is 0 Å². The summed E-state index contributed by atoms with van der Waals surface area (Å²) in [6.45, 7) is 7.14. The van der Waals surface area contributed by atoms with E-state index in [0.29, 0.717) is 11.8 Å². The molecule has 0 fully saturated rings. The van der Waals surface area contributed by atoms with Gasteiger partial charge in [-0.15, -0.1) is 0 Å². The van der Waals surface area contributed by atoms with Crippen LogP contribution in [-0.4, -0.2) is 14.9 Å². The van der Waals surface area contributed by atoms with Crippen molar-refractivity contribution in [3.63, 3.8) is 0 Å². The van der Waals surface area contributed by atoms with Gasteiger partial charge in [0.2, 0.25) is 5.88 Å². The molecule has 0 saturated heterocycles. The molecule has 0 aliphatic heterocycles. The maximum Gasteiger partial charge on any atom is 0.212 e. The van der Waals surface area contributed by atoms with Crippen molar-refractivity contribution in [3.8, 4) is 5.88 Å². The molecule has 13 heavy (non-hydrogen) atoms. The van der Waals surface area contributed by atoms with Crippen molar-refractivity contribution in [2.45, 2.75) is 40.2 Å². The molecule has 74 valence electrons. The van der Waals surface area contributed by atoms with Crippen LogP contribution < -0.4 is 0 Å². The van der Waals surface area contributed by atoms with Gasteiger partial charge in [0.15, 0.2) is 0 Å². The normalized spacial score (nSPS) is 11.1. The summed E-state index contributed by atoms with van der Waals surface area (Å²) >= 11 is 0. The van der Waals surface area contributed by atoms with Crippen molar-refractivity contribution in [1.82, 2.24) is 9.78 Å². The van der Waals surface area contributed by atoms with E-state index in [1.54, 1.807) is 10.9 Å². The fraction of sp³-hybridized carbons (Fsp3) is 0.700. The Hall–Kier alpha value is -0.990. The van der Waals surface area contributed by atoms with Gasteiger partial charge in [0, 0.05) is 12.1 Å². The lowest BCUT2D eigenvalue weighted by molar-refractivity contribution is 0.390. The lowest BCUT2D eigenvalue weighted by Gasteiger charge is -2.03. The van der Waals surface area contributed by atoms with Crippen LogP contribution in [-0.2, 0) is 13.0 Å². The van der Waals surface area contributed by atoms with Gasteiger partial charge in [-0.3, -0.25) is 0 Å². The minimum absolute atomic E-state index is 0.343. The van der Waals surface area contributed by atoms with Gasteiger partial charge in [-0.2, -0.15) is 5.10 Å². The molecule has 0 atom stereocenters. The van der Waals surface area contributed by atoms with Crippen LogP contribution in [0.5, 0.6) is 5.88 Å². The number of hydrogen-bond acceptors (Lipinski definition) is 2. The Bertz CT molecular complexity index is 266. The maximum absolute atomic E-state index is 9.71. The molecule has 0 unspecified atom stereocenters. The first-order valence-electron chi connectivity index (χ1n) is 4.88.